The van der Waals surface area contributed by atoms with Crippen LogP contribution in [0, 0.1) is 0 Å². The third kappa shape index (κ3) is 4.15. The highest BCUT2D eigenvalue weighted by Crippen LogP contribution is 2.25. The van der Waals surface area contributed by atoms with Crippen LogP contribution in [0.15, 0.2) is 18.2 Å². The lowest BCUT2D eigenvalue weighted by Gasteiger charge is -2.12. The maximum absolute atomic E-state index is 11.9. The number of amides is 1. The number of anilines is 1. The summed E-state index contributed by atoms with van der Waals surface area (Å²) in [4.78, 5) is 23.4. The summed E-state index contributed by atoms with van der Waals surface area (Å²) in [6.07, 6.45) is 0.808. The second-order valence-corrected chi connectivity index (χ2v) is 4.37. The van der Waals surface area contributed by atoms with Crippen molar-refractivity contribution in [1.82, 2.24) is 5.32 Å². The Bertz CT molecular complexity index is 488. The zero-order valence-electron chi connectivity index (χ0n) is 11.9. The summed E-state index contributed by atoms with van der Waals surface area (Å²) in [6.45, 7) is 3.49. The number of hydrogen-bond acceptors (Lipinski definition) is 5. The summed E-state index contributed by atoms with van der Waals surface area (Å²) < 4.78 is 9.95. The van der Waals surface area contributed by atoms with E-state index in [0.29, 0.717) is 5.75 Å². The number of methoxy groups -OCH3 is 1. The van der Waals surface area contributed by atoms with Crippen molar-refractivity contribution in [3.63, 3.8) is 0 Å². The highest BCUT2D eigenvalue weighted by Gasteiger charge is 2.16. The fraction of sp³-hybridized carbons (Fsp3) is 0.429. The number of nitrogens with two attached hydrogens (primary N) is 1. The molecule has 0 spiro atoms. The molecule has 3 N–H and O–H groups in total. The van der Waals surface area contributed by atoms with Crippen molar-refractivity contribution in [2.24, 2.45) is 0 Å². The van der Waals surface area contributed by atoms with Crippen molar-refractivity contribution < 1.29 is 19.1 Å². The van der Waals surface area contributed by atoms with Crippen LogP contribution in [0.5, 0.6) is 5.75 Å². The van der Waals surface area contributed by atoms with Crippen LogP contribution in [0.25, 0.3) is 0 Å². The van der Waals surface area contributed by atoms with E-state index in [4.69, 9.17) is 15.2 Å². The van der Waals surface area contributed by atoms with Crippen LogP contribution >= 0.6 is 0 Å². The van der Waals surface area contributed by atoms with Gasteiger partial charge in [-0.25, -0.2) is 4.79 Å². The Morgan fingerprint density at radius 3 is 2.70 bits per heavy atom. The lowest BCUT2D eigenvalue weighted by molar-refractivity contribution is -0.124. The van der Waals surface area contributed by atoms with Gasteiger partial charge in [-0.05, 0) is 25.5 Å². The van der Waals surface area contributed by atoms with Gasteiger partial charge in [0.15, 0.2) is 6.61 Å². The molecule has 0 aliphatic carbocycles. The Balaban J connectivity index is 2.62. The molecule has 1 rings (SSSR count). The quantitative estimate of drug-likeness (QED) is 0.606. The first kappa shape index (κ1) is 15.8. The van der Waals surface area contributed by atoms with Crippen molar-refractivity contribution in [3.8, 4) is 5.75 Å². The average Bonchev–Trinajstić information content (AvgIpc) is 2.44. The van der Waals surface area contributed by atoms with E-state index >= 15 is 0 Å². The van der Waals surface area contributed by atoms with Crippen molar-refractivity contribution in [2.45, 2.75) is 26.3 Å². The molecule has 0 aliphatic heterocycles. The van der Waals surface area contributed by atoms with Gasteiger partial charge in [-0.3, -0.25) is 4.79 Å². The molecule has 6 heteroatoms. The zero-order chi connectivity index (χ0) is 15.1. The molecule has 0 aromatic heterocycles. The molecule has 0 heterocycles. The zero-order valence-corrected chi connectivity index (χ0v) is 11.9. The van der Waals surface area contributed by atoms with E-state index in [1.165, 1.54) is 13.2 Å². The average molecular weight is 280 g/mol. The second kappa shape index (κ2) is 7.37. The third-order valence-corrected chi connectivity index (χ3v) is 2.86. The molecule has 20 heavy (non-hydrogen) atoms. The maximum atomic E-state index is 11.9. The van der Waals surface area contributed by atoms with Gasteiger partial charge in [-0.15, -0.1) is 0 Å². The molecule has 1 amide bonds. The number of esters is 1. The van der Waals surface area contributed by atoms with Gasteiger partial charge in [-0.1, -0.05) is 13.0 Å². The van der Waals surface area contributed by atoms with Crippen molar-refractivity contribution in [1.29, 1.82) is 0 Å². The van der Waals surface area contributed by atoms with E-state index in [2.05, 4.69) is 5.32 Å². The predicted octanol–water partition coefficient (Wildman–Crippen LogP) is 1.35. The Hall–Kier alpha value is -2.24. The minimum absolute atomic E-state index is 0.0445. The Labute approximate surface area is 118 Å². The third-order valence-electron chi connectivity index (χ3n) is 2.86. The molecule has 1 aromatic rings. The SMILES string of the molecule is CCC(C)NC(=O)COC(=O)c1cccc(OC)c1N. The molecule has 0 bridgehead atoms. The standard InChI is InChI=1S/C14H20N2O4/c1-4-9(2)16-12(17)8-20-14(18)10-6-5-7-11(19-3)13(10)15/h5-7,9H,4,8,15H2,1-3H3,(H,16,17). The first-order valence-corrected chi connectivity index (χ1v) is 6.38. The first-order chi connectivity index (χ1) is 9.49. The molecule has 0 aliphatic rings. The topological polar surface area (TPSA) is 90.6 Å². The lowest BCUT2D eigenvalue weighted by atomic mass is 10.1. The fourth-order valence-electron chi connectivity index (χ4n) is 1.53. The molecule has 0 fully saturated rings. The van der Waals surface area contributed by atoms with Crippen LogP contribution in [0.3, 0.4) is 0 Å². The van der Waals surface area contributed by atoms with E-state index in [1.807, 2.05) is 13.8 Å². The lowest BCUT2D eigenvalue weighted by Crippen LogP contribution is -2.35. The van der Waals surface area contributed by atoms with Gasteiger partial charge < -0.3 is 20.5 Å². The Morgan fingerprint density at radius 2 is 2.10 bits per heavy atom. The second-order valence-electron chi connectivity index (χ2n) is 4.37. The number of rotatable bonds is 6. The number of para-hydroxylation sites is 1. The fourth-order valence-corrected chi connectivity index (χ4v) is 1.53. The van der Waals surface area contributed by atoms with Crippen LogP contribution in [-0.4, -0.2) is 31.6 Å². The van der Waals surface area contributed by atoms with Crippen LogP contribution < -0.4 is 15.8 Å². The van der Waals surface area contributed by atoms with Gasteiger partial charge in [0.2, 0.25) is 0 Å². The summed E-state index contributed by atoms with van der Waals surface area (Å²) in [5, 5.41) is 2.70. The van der Waals surface area contributed by atoms with Crippen molar-refractivity contribution in [3.05, 3.63) is 23.8 Å². The van der Waals surface area contributed by atoms with Gasteiger partial charge in [0, 0.05) is 6.04 Å². The van der Waals surface area contributed by atoms with E-state index in [1.54, 1.807) is 12.1 Å². The van der Waals surface area contributed by atoms with Crippen LogP contribution in [-0.2, 0) is 9.53 Å². The molecule has 110 valence electrons. The molecule has 1 aromatic carbocycles. The normalized spacial score (nSPS) is 11.6. The van der Waals surface area contributed by atoms with Crippen LogP contribution in [0.1, 0.15) is 30.6 Å². The molecule has 0 saturated carbocycles. The van der Waals surface area contributed by atoms with Crippen LogP contribution in [0.4, 0.5) is 5.69 Å². The van der Waals surface area contributed by atoms with Gasteiger partial charge in [-0.2, -0.15) is 0 Å². The minimum Gasteiger partial charge on any atom is -0.495 e. The van der Waals surface area contributed by atoms with Gasteiger partial charge in [0.25, 0.3) is 5.91 Å². The monoisotopic (exact) mass is 280 g/mol. The minimum atomic E-state index is -0.652. The highest BCUT2D eigenvalue weighted by molar-refractivity contribution is 5.97. The number of benzene rings is 1. The van der Waals surface area contributed by atoms with Gasteiger partial charge in [0.05, 0.1) is 18.4 Å². The number of carbonyl (C=O) groups is 2. The maximum Gasteiger partial charge on any atom is 0.340 e. The summed E-state index contributed by atoms with van der Waals surface area (Å²) in [5.41, 5.74) is 6.15. The van der Waals surface area contributed by atoms with E-state index < -0.39 is 5.97 Å². The number of ether oxygens (including phenoxy) is 2. The molecular formula is C14H20N2O4. The smallest absolute Gasteiger partial charge is 0.340 e. The summed E-state index contributed by atoms with van der Waals surface area (Å²) in [7, 11) is 1.46. The van der Waals surface area contributed by atoms with E-state index in [0.717, 1.165) is 6.42 Å². The highest BCUT2D eigenvalue weighted by atomic mass is 16.5. The molecule has 1 unspecified atom stereocenters. The number of nitrogen functional groups attached to an aromatic ring is 1. The summed E-state index contributed by atoms with van der Waals surface area (Å²) >= 11 is 0. The number of nitrogens with one attached hydrogen (secondary N) is 1. The van der Waals surface area contributed by atoms with Crippen LogP contribution in [0.2, 0.25) is 0 Å². The number of hydrogen-bond donors (Lipinski definition) is 2. The number of carbonyl (C=O) groups excluding carboxylic acids is 2. The molecule has 1 atom stereocenters. The molecule has 0 saturated heterocycles. The van der Waals surface area contributed by atoms with Gasteiger partial charge >= 0.3 is 5.97 Å². The predicted molar refractivity (Wildman–Crippen MR) is 75.6 cm³/mol. The molecule has 0 radical (unpaired) electrons. The van der Waals surface area contributed by atoms with Crippen molar-refractivity contribution >= 4 is 17.6 Å². The summed E-state index contributed by atoms with van der Waals surface area (Å²) in [5.74, 6) is -0.599. The Kier molecular flexibility index (Phi) is 5.83. The van der Waals surface area contributed by atoms with E-state index in [9.17, 15) is 9.59 Å². The van der Waals surface area contributed by atoms with Gasteiger partial charge in [0.1, 0.15) is 5.75 Å². The molecular weight excluding hydrogens is 260 g/mol. The molecule has 6 nitrogen and oxygen atoms in total. The summed E-state index contributed by atoms with van der Waals surface area (Å²) in [6, 6.07) is 4.84. The van der Waals surface area contributed by atoms with Crippen molar-refractivity contribution in [2.75, 3.05) is 19.5 Å². The first-order valence-electron chi connectivity index (χ1n) is 6.38. The largest absolute Gasteiger partial charge is 0.495 e. The van der Waals surface area contributed by atoms with E-state index in [-0.39, 0.29) is 29.8 Å². The Morgan fingerprint density at radius 1 is 1.40 bits per heavy atom.